The van der Waals surface area contributed by atoms with E-state index >= 15 is 0 Å². The van der Waals surface area contributed by atoms with E-state index in [2.05, 4.69) is 5.32 Å². The van der Waals surface area contributed by atoms with Gasteiger partial charge in [0.2, 0.25) is 12.7 Å². The Morgan fingerprint density at radius 1 is 1.12 bits per heavy atom. The molecule has 0 radical (unpaired) electrons. The van der Waals surface area contributed by atoms with E-state index in [9.17, 15) is 14.4 Å². The number of fused-ring (bicyclic) bond motifs is 1. The van der Waals surface area contributed by atoms with E-state index < -0.39 is 17.5 Å². The Labute approximate surface area is 187 Å². The zero-order valence-electron chi connectivity index (χ0n) is 18.5. The standard InChI is InChI=1S/C24H27N3O5/c1-4-11-26(13-17-7-5-16(2)6-8-17)21(28)14-27-22(29)24(3,25-23(27)30)18-9-10-19-20(12-18)32-15-31-19/h5-10,12H,4,11,13-15H2,1-3H3,(H,25,30). The van der Waals surface area contributed by atoms with Crippen molar-refractivity contribution >= 4 is 17.8 Å². The van der Waals surface area contributed by atoms with Crippen LogP contribution in [-0.4, -0.2) is 47.5 Å². The van der Waals surface area contributed by atoms with Gasteiger partial charge in [-0.15, -0.1) is 0 Å². The van der Waals surface area contributed by atoms with Crippen LogP contribution in [0.4, 0.5) is 4.79 Å². The lowest BCUT2D eigenvalue weighted by Crippen LogP contribution is -2.44. The predicted octanol–water partition coefficient (Wildman–Crippen LogP) is 2.93. The number of hydrogen-bond donors (Lipinski definition) is 1. The number of amides is 4. The maximum Gasteiger partial charge on any atom is 0.325 e. The van der Waals surface area contributed by atoms with Gasteiger partial charge in [0, 0.05) is 13.1 Å². The molecule has 1 atom stereocenters. The minimum Gasteiger partial charge on any atom is -0.454 e. The van der Waals surface area contributed by atoms with Crippen LogP contribution < -0.4 is 14.8 Å². The molecule has 1 N–H and O–H groups in total. The molecule has 8 heteroatoms. The maximum absolute atomic E-state index is 13.2. The molecular formula is C24H27N3O5. The molecule has 2 aliphatic rings. The summed E-state index contributed by atoms with van der Waals surface area (Å²) in [5.74, 6) is 0.368. The van der Waals surface area contributed by atoms with Gasteiger partial charge in [0.1, 0.15) is 12.1 Å². The minimum atomic E-state index is -1.29. The summed E-state index contributed by atoms with van der Waals surface area (Å²) in [5, 5.41) is 2.74. The van der Waals surface area contributed by atoms with Gasteiger partial charge in [0.25, 0.3) is 5.91 Å². The van der Waals surface area contributed by atoms with Crippen LogP contribution in [0.25, 0.3) is 0 Å². The molecule has 0 aliphatic carbocycles. The van der Waals surface area contributed by atoms with Crippen molar-refractivity contribution in [3.05, 3.63) is 59.2 Å². The summed E-state index contributed by atoms with van der Waals surface area (Å²) < 4.78 is 10.7. The third-order valence-electron chi connectivity index (χ3n) is 5.86. The molecule has 2 aromatic rings. The fraction of sp³-hybridized carbons (Fsp3) is 0.375. The van der Waals surface area contributed by atoms with Crippen molar-refractivity contribution in [3.8, 4) is 11.5 Å². The molecule has 8 nitrogen and oxygen atoms in total. The van der Waals surface area contributed by atoms with E-state index in [1.807, 2.05) is 38.1 Å². The lowest BCUT2D eigenvalue weighted by atomic mass is 9.91. The number of nitrogens with zero attached hydrogens (tertiary/aromatic N) is 2. The highest BCUT2D eigenvalue weighted by Crippen LogP contribution is 2.37. The lowest BCUT2D eigenvalue weighted by molar-refractivity contribution is -0.139. The highest BCUT2D eigenvalue weighted by Gasteiger charge is 2.50. The molecule has 1 saturated heterocycles. The van der Waals surface area contributed by atoms with Crippen LogP contribution in [0.3, 0.4) is 0 Å². The van der Waals surface area contributed by atoms with E-state index in [0.717, 1.165) is 22.4 Å². The first kappa shape index (κ1) is 21.7. The van der Waals surface area contributed by atoms with Gasteiger partial charge in [0.15, 0.2) is 11.5 Å². The van der Waals surface area contributed by atoms with Crippen molar-refractivity contribution in [2.75, 3.05) is 19.9 Å². The van der Waals surface area contributed by atoms with E-state index in [1.54, 1.807) is 30.0 Å². The molecule has 0 aromatic heterocycles. The first-order chi connectivity index (χ1) is 15.3. The smallest absolute Gasteiger partial charge is 0.325 e. The van der Waals surface area contributed by atoms with Crippen LogP contribution in [0.15, 0.2) is 42.5 Å². The summed E-state index contributed by atoms with van der Waals surface area (Å²) in [7, 11) is 0. The summed E-state index contributed by atoms with van der Waals surface area (Å²) in [4.78, 5) is 41.7. The van der Waals surface area contributed by atoms with Gasteiger partial charge in [0.05, 0.1) is 0 Å². The second kappa shape index (κ2) is 8.53. The van der Waals surface area contributed by atoms with Crippen molar-refractivity contribution in [3.63, 3.8) is 0 Å². The molecule has 2 heterocycles. The van der Waals surface area contributed by atoms with Crippen LogP contribution in [0.2, 0.25) is 0 Å². The Hall–Kier alpha value is -3.55. The molecule has 2 aliphatic heterocycles. The Kier molecular flexibility index (Phi) is 5.78. The van der Waals surface area contributed by atoms with Crippen molar-refractivity contribution in [1.82, 2.24) is 15.1 Å². The summed E-state index contributed by atoms with van der Waals surface area (Å²) in [6, 6.07) is 12.5. The first-order valence-corrected chi connectivity index (χ1v) is 10.7. The number of nitrogens with one attached hydrogen (secondary N) is 1. The van der Waals surface area contributed by atoms with Crippen LogP contribution in [0.5, 0.6) is 11.5 Å². The third kappa shape index (κ3) is 4.00. The summed E-state index contributed by atoms with van der Waals surface area (Å²) in [6.07, 6.45) is 0.770. The van der Waals surface area contributed by atoms with E-state index in [-0.39, 0.29) is 19.2 Å². The molecule has 0 spiro atoms. The highest BCUT2D eigenvalue weighted by atomic mass is 16.7. The van der Waals surface area contributed by atoms with Crippen LogP contribution in [0.1, 0.15) is 37.0 Å². The molecule has 4 amide bonds. The second-order valence-electron chi connectivity index (χ2n) is 8.32. The minimum absolute atomic E-state index is 0.116. The van der Waals surface area contributed by atoms with Crippen LogP contribution >= 0.6 is 0 Å². The second-order valence-corrected chi connectivity index (χ2v) is 8.32. The monoisotopic (exact) mass is 437 g/mol. The Morgan fingerprint density at radius 3 is 2.56 bits per heavy atom. The summed E-state index contributed by atoms with van der Waals surface area (Å²) >= 11 is 0. The Balaban J connectivity index is 1.50. The lowest BCUT2D eigenvalue weighted by Gasteiger charge is -2.25. The van der Waals surface area contributed by atoms with Crippen molar-refractivity contribution in [1.29, 1.82) is 0 Å². The zero-order chi connectivity index (χ0) is 22.9. The maximum atomic E-state index is 13.2. The van der Waals surface area contributed by atoms with Crippen molar-refractivity contribution in [2.24, 2.45) is 0 Å². The number of carbonyl (C=O) groups excluding carboxylic acids is 3. The molecule has 1 unspecified atom stereocenters. The Bertz CT molecular complexity index is 1050. The van der Waals surface area contributed by atoms with Crippen molar-refractivity contribution in [2.45, 2.75) is 39.3 Å². The molecule has 1 fully saturated rings. The number of benzene rings is 2. The third-order valence-corrected chi connectivity index (χ3v) is 5.86. The number of aryl methyl sites for hydroxylation is 1. The van der Waals surface area contributed by atoms with Gasteiger partial charge in [-0.3, -0.25) is 14.5 Å². The number of rotatable bonds is 7. The molecule has 4 rings (SSSR count). The SMILES string of the molecule is CCCN(Cc1ccc(C)cc1)C(=O)CN1C(=O)NC(C)(c2ccc3c(c2)OCO3)C1=O. The topological polar surface area (TPSA) is 88.2 Å². The van der Waals surface area contributed by atoms with E-state index in [1.165, 1.54) is 0 Å². The average Bonchev–Trinajstić information content (AvgIpc) is 3.33. The molecule has 2 aromatic carbocycles. The van der Waals surface area contributed by atoms with Gasteiger partial charge in [-0.05, 0) is 43.5 Å². The summed E-state index contributed by atoms with van der Waals surface area (Å²) in [6.45, 7) is 6.39. The van der Waals surface area contributed by atoms with Crippen LogP contribution in [0, 0.1) is 6.92 Å². The van der Waals surface area contributed by atoms with Gasteiger partial charge in [-0.25, -0.2) is 4.79 Å². The van der Waals surface area contributed by atoms with Crippen LogP contribution in [-0.2, 0) is 21.7 Å². The Morgan fingerprint density at radius 2 is 1.84 bits per heavy atom. The number of imide groups is 1. The fourth-order valence-electron chi connectivity index (χ4n) is 3.95. The predicted molar refractivity (Wildman–Crippen MR) is 117 cm³/mol. The zero-order valence-corrected chi connectivity index (χ0v) is 18.5. The highest BCUT2D eigenvalue weighted by molar-refractivity contribution is 6.09. The molecule has 32 heavy (non-hydrogen) atoms. The van der Waals surface area contributed by atoms with Gasteiger partial charge in [-0.1, -0.05) is 42.8 Å². The quantitative estimate of drug-likeness (QED) is 0.673. The van der Waals surface area contributed by atoms with E-state index in [0.29, 0.717) is 30.2 Å². The summed E-state index contributed by atoms with van der Waals surface area (Å²) in [5.41, 5.74) is 1.43. The largest absolute Gasteiger partial charge is 0.454 e. The normalized spacial score (nSPS) is 19.3. The number of hydrogen-bond acceptors (Lipinski definition) is 5. The first-order valence-electron chi connectivity index (χ1n) is 10.7. The molecule has 0 saturated carbocycles. The van der Waals surface area contributed by atoms with Gasteiger partial charge in [-0.2, -0.15) is 0 Å². The molecule has 0 bridgehead atoms. The van der Waals surface area contributed by atoms with Gasteiger partial charge >= 0.3 is 6.03 Å². The van der Waals surface area contributed by atoms with E-state index in [4.69, 9.17) is 9.47 Å². The molecular weight excluding hydrogens is 410 g/mol. The average molecular weight is 437 g/mol. The number of carbonyl (C=O) groups is 3. The van der Waals surface area contributed by atoms with Crippen molar-refractivity contribution < 1.29 is 23.9 Å². The van der Waals surface area contributed by atoms with Gasteiger partial charge < -0.3 is 19.7 Å². The number of urea groups is 1. The number of ether oxygens (including phenoxy) is 2. The molecule has 168 valence electrons. The fourth-order valence-corrected chi connectivity index (χ4v) is 3.95.